The van der Waals surface area contributed by atoms with Crippen LogP contribution in [0.1, 0.15) is 18.9 Å². The summed E-state index contributed by atoms with van der Waals surface area (Å²) >= 11 is 0. The van der Waals surface area contributed by atoms with Gasteiger partial charge in [-0.1, -0.05) is 30.3 Å². The standard InChI is InChI=1S/C18H28N4O/c1-15-11-17(12-20-18(19)21-7-9-23-10-8-21)14-22(15)13-16-5-3-2-4-6-16/h2-6,15,17H,7-14H2,1H3,(H2,19,20)/t15-,17-/m1/s1. The third-order valence-electron chi connectivity index (χ3n) is 4.87. The number of nitrogens with two attached hydrogens (primary N) is 1. The molecule has 2 N–H and O–H groups in total. The second kappa shape index (κ2) is 7.79. The second-order valence-corrected chi connectivity index (χ2v) is 6.66. The largest absolute Gasteiger partial charge is 0.378 e. The minimum atomic E-state index is 0.605. The molecule has 0 radical (unpaired) electrons. The molecule has 0 bridgehead atoms. The number of hydrogen-bond donors (Lipinski definition) is 1. The van der Waals surface area contributed by atoms with E-state index in [1.54, 1.807) is 0 Å². The fourth-order valence-corrected chi connectivity index (χ4v) is 3.50. The third-order valence-corrected chi connectivity index (χ3v) is 4.87. The van der Waals surface area contributed by atoms with Crippen molar-refractivity contribution in [2.75, 3.05) is 39.4 Å². The van der Waals surface area contributed by atoms with E-state index in [2.05, 4.69) is 52.0 Å². The molecular weight excluding hydrogens is 288 g/mol. The van der Waals surface area contributed by atoms with Crippen LogP contribution in [0.4, 0.5) is 0 Å². The maximum absolute atomic E-state index is 6.13. The van der Waals surface area contributed by atoms with E-state index < -0.39 is 0 Å². The Kier molecular flexibility index (Phi) is 5.51. The minimum Gasteiger partial charge on any atom is -0.378 e. The van der Waals surface area contributed by atoms with Crippen LogP contribution in [0.25, 0.3) is 0 Å². The summed E-state index contributed by atoms with van der Waals surface area (Å²) in [5.74, 6) is 1.29. The Morgan fingerprint density at radius 2 is 2.00 bits per heavy atom. The summed E-state index contributed by atoms with van der Waals surface area (Å²) in [4.78, 5) is 9.33. The highest BCUT2D eigenvalue weighted by Crippen LogP contribution is 2.25. The van der Waals surface area contributed by atoms with Crippen LogP contribution in [-0.2, 0) is 11.3 Å². The molecule has 0 aliphatic carbocycles. The van der Waals surface area contributed by atoms with Crippen molar-refractivity contribution in [3.63, 3.8) is 0 Å². The van der Waals surface area contributed by atoms with Gasteiger partial charge in [0.15, 0.2) is 5.96 Å². The zero-order valence-electron chi connectivity index (χ0n) is 14.0. The Labute approximate surface area is 139 Å². The Bertz CT molecular complexity index is 513. The number of morpholine rings is 1. The molecule has 2 aliphatic rings. The maximum Gasteiger partial charge on any atom is 0.191 e. The highest BCUT2D eigenvalue weighted by molar-refractivity contribution is 5.78. The molecular formula is C18H28N4O. The quantitative estimate of drug-likeness (QED) is 0.676. The van der Waals surface area contributed by atoms with E-state index in [0.29, 0.717) is 17.9 Å². The van der Waals surface area contributed by atoms with Gasteiger partial charge in [-0.15, -0.1) is 0 Å². The van der Waals surface area contributed by atoms with Gasteiger partial charge in [0.25, 0.3) is 0 Å². The van der Waals surface area contributed by atoms with Crippen LogP contribution >= 0.6 is 0 Å². The van der Waals surface area contributed by atoms with Gasteiger partial charge < -0.3 is 15.4 Å². The summed E-state index contributed by atoms with van der Waals surface area (Å²) in [5, 5.41) is 0. The monoisotopic (exact) mass is 316 g/mol. The molecule has 3 rings (SSSR count). The molecule has 5 nitrogen and oxygen atoms in total. The van der Waals surface area contributed by atoms with Gasteiger partial charge in [0, 0.05) is 38.8 Å². The minimum absolute atomic E-state index is 0.605. The number of aliphatic imine (C=N–C) groups is 1. The second-order valence-electron chi connectivity index (χ2n) is 6.66. The zero-order chi connectivity index (χ0) is 16.1. The topological polar surface area (TPSA) is 54.1 Å². The van der Waals surface area contributed by atoms with E-state index in [4.69, 9.17) is 10.5 Å². The zero-order valence-corrected chi connectivity index (χ0v) is 14.0. The summed E-state index contributed by atoms with van der Waals surface area (Å²) in [5.41, 5.74) is 7.51. The van der Waals surface area contributed by atoms with Gasteiger partial charge in [0.05, 0.1) is 13.2 Å². The van der Waals surface area contributed by atoms with Crippen LogP contribution in [0.2, 0.25) is 0 Å². The fraction of sp³-hybridized carbons (Fsp3) is 0.611. The molecule has 2 fully saturated rings. The Morgan fingerprint density at radius 1 is 1.26 bits per heavy atom. The van der Waals surface area contributed by atoms with Gasteiger partial charge in [-0.25, -0.2) is 0 Å². The normalized spacial score (nSPS) is 26.7. The molecule has 0 aromatic heterocycles. The van der Waals surface area contributed by atoms with Crippen molar-refractivity contribution < 1.29 is 4.74 Å². The molecule has 0 spiro atoms. The van der Waals surface area contributed by atoms with E-state index in [9.17, 15) is 0 Å². The van der Waals surface area contributed by atoms with Crippen LogP contribution in [0.15, 0.2) is 35.3 Å². The molecule has 5 heteroatoms. The number of ether oxygens (including phenoxy) is 1. The van der Waals surface area contributed by atoms with E-state index in [-0.39, 0.29) is 0 Å². The first-order valence-electron chi connectivity index (χ1n) is 8.63. The highest BCUT2D eigenvalue weighted by Gasteiger charge is 2.28. The van der Waals surface area contributed by atoms with E-state index >= 15 is 0 Å². The van der Waals surface area contributed by atoms with Crippen molar-refractivity contribution in [2.24, 2.45) is 16.6 Å². The van der Waals surface area contributed by atoms with Crippen molar-refractivity contribution in [3.8, 4) is 0 Å². The lowest BCUT2D eigenvalue weighted by Crippen LogP contribution is -2.45. The first kappa shape index (κ1) is 16.3. The summed E-state index contributed by atoms with van der Waals surface area (Å²) < 4.78 is 5.35. The van der Waals surface area contributed by atoms with E-state index in [0.717, 1.165) is 45.9 Å². The molecule has 1 aromatic carbocycles. The molecule has 0 saturated carbocycles. The molecule has 1 aromatic rings. The third kappa shape index (κ3) is 4.45. The molecule has 126 valence electrons. The number of benzene rings is 1. The lowest BCUT2D eigenvalue weighted by Gasteiger charge is -2.27. The smallest absolute Gasteiger partial charge is 0.191 e. The number of hydrogen-bond acceptors (Lipinski definition) is 3. The van der Waals surface area contributed by atoms with E-state index in [1.165, 1.54) is 12.0 Å². The molecule has 2 heterocycles. The predicted molar refractivity (Wildman–Crippen MR) is 93.3 cm³/mol. The summed E-state index contributed by atoms with van der Waals surface area (Å²) in [7, 11) is 0. The number of nitrogens with zero attached hydrogens (tertiary/aromatic N) is 3. The van der Waals surface area contributed by atoms with Crippen LogP contribution in [0.5, 0.6) is 0 Å². The van der Waals surface area contributed by atoms with Gasteiger partial charge in [-0.3, -0.25) is 9.89 Å². The predicted octanol–water partition coefficient (Wildman–Crippen LogP) is 1.54. The van der Waals surface area contributed by atoms with Gasteiger partial charge in [0.2, 0.25) is 0 Å². The van der Waals surface area contributed by atoms with Gasteiger partial charge >= 0.3 is 0 Å². The van der Waals surface area contributed by atoms with Gasteiger partial charge in [0.1, 0.15) is 0 Å². The lowest BCUT2D eigenvalue weighted by atomic mass is 10.1. The molecule has 2 aliphatic heterocycles. The molecule has 0 amide bonds. The number of rotatable bonds is 4. The summed E-state index contributed by atoms with van der Waals surface area (Å²) in [6.07, 6.45) is 1.20. The SMILES string of the molecule is C[C@@H]1C[C@H](CN=C(N)N2CCOCC2)CN1Cc1ccccc1. The average Bonchev–Trinajstić information content (AvgIpc) is 2.94. The van der Waals surface area contributed by atoms with Gasteiger partial charge in [-0.05, 0) is 24.8 Å². The maximum atomic E-state index is 6.13. The number of likely N-dealkylation sites (tertiary alicyclic amines) is 1. The van der Waals surface area contributed by atoms with Crippen molar-refractivity contribution >= 4 is 5.96 Å². The van der Waals surface area contributed by atoms with Crippen LogP contribution in [-0.4, -0.2) is 61.2 Å². The van der Waals surface area contributed by atoms with Crippen LogP contribution in [0.3, 0.4) is 0 Å². The average molecular weight is 316 g/mol. The summed E-state index contributed by atoms with van der Waals surface area (Å²) in [6, 6.07) is 11.3. The molecule has 2 atom stereocenters. The van der Waals surface area contributed by atoms with Crippen molar-refractivity contribution in [3.05, 3.63) is 35.9 Å². The summed E-state index contributed by atoms with van der Waals surface area (Å²) in [6.45, 7) is 8.50. The first-order valence-corrected chi connectivity index (χ1v) is 8.63. The Morgan fingerprint density at radius 3 is 2.74 bits per heavy atom. The first-order chi connectivity index (χ1) is 11.2. The fourth-order valence-electron chi connectivity index (χ4n) is 3.50. The molecule has 23 heavy (non-hydrogen) atoms. The van der Waals surface area contributed by atoms with Crippen LogP contribution < -0.4 is 5.73 Å². The van der Waals surface area contributed by atoms with Crippen molar-refractivity contribution in [1.29, 1.82) is 0 Å². The lowest BCUT2D eigenvalue weighted by molar-refractivity contribution is 0.0674. The van der Waals surface area contributed by atoms with Crippen molar-refractivity contribution in [1.82, 2.24) is 9.80 Å². The van der Waals surface area contributed by atoms with E-state index in [1.807, 2.05) is 0 Å². The molecule has 0 unspecified atom stereocenters. The van der Waals surface area contributed by atoms with Crippen molar-refractivity contribution in [2.45, 2.75) is 25.9 Å². The highest BCUT2D eigenvalue weighted by atomic mass is 16.5. The van der Waals surface area contributed by atoms with Gasteiger partial charge in [-0.2, -0.15) is 0 Å². The number of guanidine groups is 1. The van der Waals surface area contributed by atoms with Crippen LogP contribution in [0, 0.1) is 5.92 Å². The molecule has 2 saturated heterocycles. The Balaban J connectivity index is 1.50. The Hall–Kier alpha value is -1.59.